The van der Waals surface area contributed by atoms with E-state index in [-0.39, 0.29) is 23.6 Å². The number of nitrogens with one attached hydrogen (secondary N) is 2. The number of anilines is 2. The quantitative estimate of drug-likeness (QED) is 0.850. The van der Waals surface area contributed by atoms with Crippen molar-refractivity contribution in [3.8, 4) is 11.5 Å². The summed E-state index contributed by atoms with van der Waals surface area (Å²) in [7, 11) is 0. The number of hydrogen-bond donors (Lipinski definition) is 2. The minimum Gasteiger partial charge on any atom is -0.454 e. The lowest BCUT2D eigenvalue weighted by molar-refractivity contribution is -0.120. The summed E-state index contributed by atoms with van der Waals surface area (Å²) >= 11 is 6.05. The molecule has 8 nitrogen and oxygen atoms in total. The number of aromatic nitrogens is 2. The van der Waals surface area contributed by atoms with Crippen molar-refractivity contribution in [2.24, 2.45) is 5.92 Å². The molecule has 9 heteroatoms. The summed E-state index contributed by atoms with van der Waals surface area (Å²) in [5, 5.41) is 9.16. The topological polar surface area (TPSA) is 96.6 Å². The van der Waals surface area contributed by atoms with Crippen molar-refractivity contribution >= 4 is 28.9 Å². The van der Waals surface area contributed by atoms with Gasteiger partial charge >= 0.3 is 0 Å². The first-order valence-corrected chi connectivity index (χ1v) is 8.68. The van der Waals surface area contributed by atoms with Gasteiger partial charge in [-0.05, 0) is 25.0 Å². The van der Waals surface area contributed by atoms with Crippen LogP contribution in [0, 0.1) is 5.92 Å². The first kappa shape index (κ1) is 16.7. The zero-order valence-corrected chi connectivity index (χ0v) is 14.6. The first-order valence-electron chi connectivity index (χ1n) is 8.30. The van der Waals surface area contributed by atoms with Crippen LogP contribution in [0.3, 0.4) is 0 Å². The predicted molar refractivity (Wildman–Crippen MR) is 96.0 cm³/mol. The van der Waals surface area contributed by atoms with E-state index in [1.807, 2.05) is 4.90 Å². The van der Waals surface area contributed by atoms with E-state index >= 15 is 0 Å². The molecule has 0 atom stereocenters. The molecule has 2 aliphatic rings. The predicted octanol–water partition coefficient (Wildman–Crippen LogP) is 2.01. The Morgan fingerprint density at radius 2 is 2.04 bits per heavy atom. The Morgan fingerprint density at radius 3 is 2.85 bits per heavy atom. The third-order valence-electron chi connectivity index (χ3n) is 4.62. The lowest BCUT2D eigenvalue weighted by Gasteiger charge is -2.32. The maximum atomic E-state index is 12.5. The Kier molecular flexibility index (Phi) is 4.42. The fraction of sp³-hybridized carbons (Fsp3) is 0.353. The molecule has 0 bridgehead atoms. The molecule has 2 N–H and O–H groups in total. The van der Waals surface area contributed by atoms with Gasteiger partial charge < -0.3 is 19.7 Å². The molecule has 1 aromatic heterocycles. The van der Waals surface area contributed by atoms with Gasteiger partial charge in [-0.1, -0.05) is 11.6 Å². The highest BCUT2D eigenvalue weighted by molar-refractivity contribution is 6.33. The number of benzene rings is 1. The van der Waals surface area contributed by atoms with Crippen molar-refractivity contribution in [1.82, 2.24) is 10.2 Å². The monoisotopic (exact) mass is 376 g/mol. The zero-order valence-electron chi connectivity index (χ0n) is 13.8. The second-order valence-corrected chi connectivity index (χ2v) is 6.59. The Morgan fingerprint density at radius 1 is 1.27 bits per heavy atom. The molecule has 0 saturated carbocycles. The number of hydrogen-bond acceptors (Lipinski definition) is 6. The normalized spacial score (nSPS) is 16.6. The minimum absolute atomic E-state index is 0.0290. The van der Waals surface area contributed by atoms with Gasteiger partial charge in [0.25, 0.3) is 5.56 Å². The molecule has 2 aliphatic heterocycles. The third-order valence-corrected chi connectivity index (χ3v) is 4.99. The van der Waals surface area contributed by atoms with Crippen LogP contribution in [0.1, 0.15) is 12.8 Å². The van der Waals surface area contributed by atoms with E-state index < -0.39 is 5.56 Å². The number of aromatic amines is 1. The molecular formula is C17H17ClN4O4. The van der Waals surface area contributed by atoms with Gasteiger partial charge in [0.2, 0.25) is 12.7 Å². The summed E-state index contributed by atoms with van der Waals surface area (Å²) in [4.78, 5) is 26.1. The third kappa shape index (κ3) is 3.20. The van der Waals surface area contributed by atoms with E-state index in [1.54, 1.807) is 18.2 Å². The number of carbonyl (C=O) groups is 1. The van der Waals surface area contributed by atoms with Gasteiger partial charge in [-0.3, -0.25) is 9.59 Å². The standard InChI is InChI=1S/C17H17ClN4O4/c18-15-12(8-19-21-17(15)24)22-5-3-10(4-6-22)16(23)20-11-1-2-13-14(7-11)26-9-25-13/h1-2,7-8,10H,3-6,9H2,(H,20,23)(H,21,24). The molecule has 2 aromatic rings. The summed E-state index contributed by atoms with van der Waals surface area (Å²) in [5.74, 6) is 1.18. The molecule has 0 radical (unpaired) electrons. The average molecular weight is 377 g/mol. The van der Waals surface area contributed by atoms with Crippen LogP contribution < -0.4 is 25.2 Å². The highest BCUT2D eigenvalue weighted by Crippen LogP contribution is 2.34. The second kappa shape index (κ2) is 6.87. The fourth-order valence-electron chi connectivity index (χ4n) is 3.20. The number of rotatable bonds is 3. The number of fused-ring (bicyclic) bond motifs is 1. The van der Waals surface area contributed by atoms with E-state index in [0.29, 0.717) is 48.8 Å². The molecule has 26 heavy (non-hydrogen) atoms. The summed E-state index contributed by atoms with van der Waals surface area (Å²) in [5.41, 5.74) is 0.875. The molecule has 4 rings (SSSR count). The molecule has 3 heterocycles. The van der Waals surface area contributed by atoms with Crippen LogP contribution in [0.5, 0.6) is 11.5 Å². The number of carbonyl (C=O) groups excluding carboxylic acids is 1. The van der Waals surface area contributed by atoms with E-state index in [1.165, 1.54) is 6.20 Å². The number of piperidine rings is 1. The average Bonchev–Trinajstić information content (AvgIpc) is 3.12. The van der Waals surface area contributed by atoms with Crippen LogP contribution in [-0.4, -0.2) is 36.0 Å². The molecule has 1 aromatic carbocycles. The molecule has 1 saturated heterocycles. The number of halogens is 1. The highest BCUT2D eigenvalue weighted by atomic mass is 35.5. The molecule has 1 fully saturated rings. The van der Waals surface area contributed by atoms with Gasteiger partial charge in [0.1, 0.15) is 5.02 Å². The fourth-order valence-corrected chi connectivity index (χ4v) is 3.41. The van der Waals surface area contributed by atoms with Gasteiger partial charge in [-0.2, -0.15) is 5.10 Å². The number of nitrogens with zero attached hydrogens (tertiary/aromatic N) is 2. The number of amides is 1. The van der Waals surface area contributed by atoms with Crippen molar-refractivity contribution in [2.45, 2.75) is 12.8 Å². The van der Waals surface area contributed by atoms with Crippen molar-refractivity contribution < 1.29 is 14.3 Å². The largest absolute Gasteiger partial charge is 0.454 e. The number of H-pyrrole nitrogens is 1. The minimum atomic E-state index is -0.410. The molecule has 1 amide bonds. The van der Waals surface area contributed by atoms with E-state index in [0.717, 1.165) is 0 Å². The van der Waals surface area contributed by atoms with E-state index in [2.05, 4.69) is 15.5 Å². The Bertz CT molecular complexity index is 893. The van der Waals surface area contributed by atoms with Crippen LogP contribution in [0.4, 0.5) is 11.4 Å². The number of ether oxygens (including phenoxy) is 2. The van der Waals surface area contributed by atoms with Crippen molar-refractivity contribution in [3.63, 3.8) is 0 Å². The molecule has 136 valence electrons. The maximum absolute atomic E-state index is 12.5. The summed E-state index contributed by atoms with van der Waals surface area (Å²) in [6.45, 7) is 1.46. The lowest BCUT2D eigenvalue weighted by atomic mass is 9.95. The lowest BCUT2D eigenvalue weighted by Crippen LogP contribution is -2.39. The van der Waals surface area contributed by atoms with Crippen molar-refractivity contribution in [2.75, 3.05) is 30.1 Å². The Hall–Kier alpha value is -2.74. The van der Waals surface area contributed by atoms with Crippen LogP contribution in [0.15, 0.2) is 29.2 Å². The van der Waals surface area contributed by atoms with Gasteiger partial charge in [-0.15, -0.1) is 0 Å². The van der Waals surface area contributed by atoms with Crippen LogP contribution in [0.2, 0.25) is 5.02 Å². The molecule has 0 unspecified atom stereocenters. The second-order valence-electron chi connectivity index (χ2n) is 6.22. The smallest absolute Gasteiger partial charge is 0.285 e. The van der Waals surface area contributed by atoms with Crippen LogP contribution >= 0.6 is 11.6 Å². The molecule has 0 spiro atoms. The Balaban J connectivity index is 1.38. The summed E-state index contributed by atoms with van der Waals surface area (Å²) in [6, 6.07) is 5.34. The van der Waals surface area contributed by atoms with Gasteiger partial charge in [0.15, 0.2) is 11.5 Å². The SMILES string of the molecule is O=C(Nc1ccc2c(c1)OCO2)C1CCN(c2cn[nH]c(=O)c2Cl)CC1. The molecular weight excluding hydrogens is 360 g/mol. The highest BCUT2D eigenvalue weighted by Gasteiger charge is 2.27. The Labute approximate surface area is 154 Å². The van der Waals surface area contributed by atoms with E-state index in [4.69, 9.17) is 21.1 Å². The summed E-state index contributed by atoms with van der Waals surface area (Å²) < 4.78 is 10.6. The summed E-state index contributed by atoms with van der Waals surface area (Å²) in [6.07, 6.45) is 2.87. The van der Waals surface area contributed by atoms with E-state index in [9.17, 15) is 9.59 Å². The van der Waals surface area contributed by atoms with Crippen molar-refractivity contribution in [3.05, 3.63) is 39.8 Å². The maximum Gasteiger partial charge on any atom is 0.285 e. The van der Waals surface area contributed by atoms with Crippen molar-refractivity contribution in [1.29, 1.82) is 0 Å². The van der Waals surface area contributed by atoms with Crippen LogP contribution in [-0.2, 0) is 4.79 Å². The van der Waals surface area contributed by atoms with Gasteiger partial charge in [0.05, 0.1) is 11.9 Å². The van der Waals surface area contributed by atoms with Crippen LogP contribution in [0.25, 0.3) is 0 Å². The first-order chi connectivity index (χ1) is 12.6. The van der Waals surface area contributed by atoms with Gasteiger partial charge in [-0.25, -0.2) is 5.10 Å². The molecule has 0 aliphatic carbocycles. The zero-order chi connectivity index (χ0) is 18.1. The van der Waals surface area contributed by atoms with Gasteiger partial charge in [0, 0.05) is 30.8 Å².